The average Bonchev–Trinajstić information content (AvgIpc) is 2.78. The van der Waals surface area contributed by atoms with Gasteiger partial charge >= 0.3 is 0 Å². The molecule has 2 atom stereocenters. The molecule has 5 heteroatoms. The van der Waals surface area contributed by atoms with Crippen LogP contribution in [-0.2, 0) is 0 Å². The van der Waals surface area contributed by atoms with Crippen LogP contribution in [0.3, 0.4) is 0 Å². The van der Waals surface area contributed by atoms with Gasteiger partial charge in [-0.3, -0.25) is 0 Å². The van der Waals surface area contributed by atoms with Gasteiger partial charge in [-0.2, -0.15) is 16.2 Å². The van der Waals surface area contributed by atoms with Crippen molar-refractivity contribution in [1.82, 2.24) is 9.97 Å². The molecule has 3 heterocycles. The Morgan fingerprint density at radius 1 is 1.50 bits per heavy atom. The van der Waals surface area contributed by atoms with Crippen LogP contribution in [0.15, 0.2) is 12.4 Å². The lowest BCUT2D eigenvalue weighted by Gasteiger charge is -2.27. The maximum Gasteiger partial charge on any atom is 0.218 e. The van der Waals surface area contributed by atoms with Gasteiger partial charge in [0, 0.05) is 29.7 Å². The number of aromatic nitrogens is 2. The Labute approximate surface area is 85.7 Å². The summed E-state index contributed by atoms with van der Waals surface area (Å²) in [7, 11) is 0. The molecular weight excluding hydrogens is 201 g/mol. The lowest BCUT2D eigenvalue weighted by Crippen LogP contribution is -2.34. The summed E-state index contributed by atoms with van der Waals surface area (Å²) in [6, 6.07) is 1.98. The van der Waals surface area contributed by atoms with Crippen molar-refractivity contribution in [3.63, 3.8) is 0 Å². The van der Waals surface area contributed by atoms with Crippen molar-refractivity contribution in [2.24, 2.45) is 0 Å². The third kappa shape index (κ3) is 1.27. The number of thioether (sulfide) groups is 1. The van der Waals surface area contributed by atoms with Crippen LogP contribution >= 0.6 is 11.8 Å². The van der Waals surface area contributed by atoms with Crippen LogP contribution in [0, 0.1) is 5.95 Å². The van der Waals surface area contributed by atoms with E-state index in [0.29, 0.717) is 6.04 Å². The molecule has 74 valence electrons. The van der Waals surface area contributed by atoms with Gasteiger partial charge in [0.15, 0.2) is 0 Å². The van der Waals surface area contributed by atoms with Gasteiger partial charge in [0.25, 0.3) is 0 Å². The van der Waals surface area contributed by atoms with Crippen LogP contribution in [0.4, 0.5) is 10.2 Å². The van der Waals surface area contributed by atoms with Crippen molar-refractivity contribution >= 4 is 17.6 Å². The zero-order chi connectivity index (χ0) is 9.54. The number of anilines is 1. The van der Waals surface area contributed by atoms with E-state index in [1.807, 2.05) is 11.8 Å². The first-order valence-electron chi connectivity index (χ1n) is 4.69. The Balaban J connectivity index is 1.89. The monoisotopic (exact) mass is 211 g/mol. The standard InChI is InChI=1S/C9H10FN3S/c10-8-2-9(12-5-11-8)13-3-7-1-6(13)4-14-7/h2,5-7H,1,3-4H2. The van der Waals surface area contributed by atoms with Crippen molar-refractivity contribution < 1.29 is 4.39 Å². The molecule has 0 radical (unpaired) electrons. The van der Waals surface area contributed by atoms with E-state index in [2.05, 4.69) is 14.9 Å². The molecule has 2 bridgehead atoms. The predicted octanol–water partition coefficient (Wildman–Crippen LogP) is 1.31. The summed E-state index contributed by atoms with van der Waals surface area (Å²) < 4.78 is 12.9. The zero-order valence-corrected chi connectivity index (χ0v) is 8.38. The number of hydrogen-bond donors (Lipinski definition) is 0. The third-order valence-electron chi connectivity index (χ3n) is 2.81. The Kier molecular flexibility index (Phi) is 1.87. The highest BCUT2D eigenvalue weighted by Gasteiger charge is 2.39. The van der Waals surface area contributed by atoms with E-state index in [4.69, 9.17) is 0 Å². The van der Waals surface area contributed by atoms with Gasteiger partial charge in [0.2, 0.25) is 5.95 Å². The molecule has 0 aliphatic carbocycles. The Morgan fingerprint density at radius 3 is 3.07 bits per heavy atom. The van der Waals surface area contributed by atoms with Crippen molar-refractivity contribution in [3.8, 4) is 0 Å². The molecule has 2 unspecified atom stereocenters. The molecule has 2 aliphatic heterocycles. The summed E-state index contributed by atoms with van der Waals surface area (Å²) in [4.78, 5) is 9.77. The molecule has 2 aliphatic rings. The number of fused-ring (bicyclic) bond motifs is 2. The van der Waals surface area contributed by atoms with Gasteiger partial charge in [-0.25, -0.2) is 9.97 Å². The quantitative estimate of drug-likeness (QED) is 0.655. The van der Waals surface area contributed by atoms with Crippen molar-refractivity contribution in [1.29, 1.82) is 0 Å². The molecule has 0 aromatic carbocycles. The fourth-order valence-corrected chi connectivity index (χ4v) is 3.60. The second-order valence-electron chi connectivity index (χ2n) is 3.70. The highest BCUT2D eigenvalue weighted by molar-refractivity contribution is 8.00. The van der Waals surface area contributed by atoms with Gasteiger partial charge in [0.05, 0.1) is 0 Å². The molecule has 1 aromatic rings. The molecule has 2 saturated heterocycles. The number of hydrogen-bond acceptors (Lipinski definition) is 4. The Bertz CT molecular complexity index is 360. The van der Waals surface area contributed by atoms with Crippen molar-refractivity contribution in [2.45, 2.75) is 17.7 Å². The molecular formula is C9H10FN3S. The largest absolute Gasteiger partial charge is 0.351 e. The van der Waals surface area contributed by atoms with E-state index in [0.717, 1.165) is 23.4 Å². The first kappa shape index (κ1) is 8.47. The number of rotatable bonds is 1. The smallest absolute Gasteiger partial charge is 0.218 e. The molecule has 3 rings (SSSR count). The lowest BCUT2D eigenvalue weighted by molar-refractivity contribution is 0.577. The SMILES string of the molecule is Fc1cc(N2CC3CC2CS3)ncn1. The van der Waals surface area contributed by atoms with Gasteiger partial charge in [-0.15, -0.1) is 0 Å². The molecule has 0 amide bonds. The van der Waals surface area contributed by atoms with Crippen LogP contribution < -0.4 is 4.90 Å². The maximum atomic E-state index is 12.9. The predicted molar refractivity (Wildman–Crippen MR) is 54.0 cm³/mol. The fraction of sp³-hybridized carbons (Fsp3) is 0.556. The minimum Gasteiger partial charge on any atom is -0.351 e. The molecule has 0 spiro atoms. The molecule has 3 nitrogen and oxygen atoms in total. The van der Waals surface area contributed by atoms with E-state index in [9.17, 15) is 4.39 Å². The summed E-state index contributed by atoms with van der Waals surface area (Å²) in [5.74, 6) is 1.45. The van der Waals surface area contributed by atoms with Crippen molar-refractivity contribution in [3.05, 3.63) is 18.3 Å². The normalized spacial score (nSPS) is 29.9. The van der Waals surface area contributed by atoms with Gasteiger partial charge < -0.3 is 4.90 Å². The van der Waals surface area contributed by atoms with Crippen LogP contribution in [0.2, 0.25) is 0 Å². The molecule has 0 N–H and O–H groups in total. The lowest BCUT2D eigenvalue weighted by atomic mass is 10.2. The summed E-state index contributed by atoms with van der Waals surface area (Å²) >= 11 is 2.02. The van der Waals surface area contributed by atoms with E-state index in [1.165, 1.54) is 18.8 Å². The van der Waals surface area contributed by atoms with E-state index in [-0.39, 0.29) is 0 Å². The van der Waals surface area contributed by atoms with E-state index < -0.39 is 5.95 Å². The summed E-state index contributed by atoms with van der Waals surface area (Å²) in [5.41, 5.74) is 0. The number of nitrogens with zero attached hydrogens (tertiary/aromatic N) is 3. The summed E-state index contributed by atoms with van der Waals surface area (Å²) in [6.45, 7) is 1.01. The highest BCUT2D eigenvalue weighted by Crippen LogP contribution is 2.39. The summed E-state index contributed by atoms with van der Waals surface area (Å²) in [6.07, 6.45) is 2.51. The average molecular weight is 211 g/mol. The minimum atomic E-state index is -0.439. The first-order valence-corrected chi connectivity index (χ1v) is 5.73. The Hall–Kier alpha value is -0.840. The fourth-order valence-electron chi connectivity index (χ4n) is 2.16. The molecule has 1 aromatic heterocycles. The van der Waals surface area contributed by atoms with Crippen LogP contribution in [0.5, 0.6) is 0 Å². The van der Waals surface area contributed by atoms with Crippen LogP contribution in [0.25, 0.3) is 0 Å². The van der Waals surface area contributed by atoms with Crippen molar-refractivity contribution in [2.75, 3.05) is 17.2 Å². The topological polar surface area (TPSA) is 29.0 Å². The van der Waals surface area contributed by atoms with Gasteiger partial charge in [0.1, 0.15) is 12.1 Å². The molecule has 14 heavy (non-hydrogen) atoms. The minimum absolute atomic E-state index is 0.439. The van der Waals surface area contributed by atoms with Gasteiger partial charge in [-0.1, -0.05) is 0 Å². The molecule has 0 saturated carbocycles. The third-order valence-corrected chi connectivity index (χ3v) is 4.20. The van der Waals surface area contributed by atoms with E-state index >= 15 is 0 Å². The van der Waals surface area contributed by atoms with Gasteiger partial charge in [-0.05, 0) is 6.42 Å². The second-order valence-corrected chi connectivity index (χ2v) is 5.03. The maximum absolute atomic E-state index is 12.9. The van der Waals surface area contributed by atoms with E-state index in [1.54, 1.807) is 0 Å². The zero-order valence-electron chi connectivity index (χ0n) is 7.56. The summed E-state index contributed by atoms with van der Waals surface area (Å²) in [5, 5.41) is 0.720. The first-order chi connectivity index (χ1) is 6.83. The van der Waals surface area contributed by atoms with Crippen LogP contribution in [-0.4, -0.2) is 33.6 Å². The second kappa shape index (κ2) is 3.08. The highest BCUT2D eigenvalue weighted by atomic mass is 32.2. The van der Waals surface area contributed by atoms with Crippen LogP contribution in [0.1, 0.15) is 6.42 Å². The number of halogens is 1. The molecule has 2 fully saturated rings. The Morgan fingerprint density at radius 2 is 2.43 bits per heavy atom.